The van der Waals surface area contributed by atoms with Crippen LogP contribution in [0.1, 0.15) is 29.5 Å². The standard InChI is InChI=1S/C23H27N5/c1-24-22(26-18-23(12-13-23)21-10-3-2-4-11-21)25-16-19-8-5-6-9-20(19)17-28-15-7-14-27-28/h2-11,14-15H,12-13,16-18H2,1H3,(H2,24,25,26). The second kappa shape index (κ2) is 8.30. The molecule has 0 aliphatic heterocycles. The summed E-state index contributed by atoms with van der Waals surface area (Å²) in [6.07, 6.45) is 6.26. The normalized spacial score (nSPS) is 15.2. The van der Waals surface area contributed by atoms with Gasteiger partial charge >= 0.3 is 0 Å². The molecule has 1 aliphatic carbocycles. The van der Waals surface area contributed by atoms with Gasteiger partial charge in [0.15, 0.2) is 5.96 Å². The molecule has 144 valence electrons. The van der Waals surface area contributed by atoms with Crippen molar-refractivity contribution in [1.29, 1.82) is 0 Å². The highest BCUT2D eigenvalue weighted by Crippen LogP contribution is 2.47. The second-order valence-electron chi connectivity index (χ2n) is 7.40. The molecule has 28 heavy (non-hydrogen) atoms. The Bertz CT molecular complexity index is 911. The lowest BCUT2D eigenvalue weighted by molar-refractivity contribution is 0.643. The number of rotatable bonds is 7. The first-order valence-corrected chi connectivity index (χ1v) is 9.83. The van der Waals surface area contributed by atoms with E-state index in [4.69, 9.17) is 0 Å². The van der Waals surface area contributed by atoms with E-state index in [-0.39, 0.29) is 5.41 Å². The number of hydrogen-bond donors (Lipinski definition) is 2. The Balaban J connectivity index is 1.35. The fourth-order valence-electron chi connectivity index (χ4n) is 3.62. The van der Waals surface area contributed by atoms with Gasteiger partial charge in [0.1, 0.15) is 0 Å². The van der Waals surface area contributed by atoms with E-state index in [2.05, 4.69) is 75.3 Å². The highest BCUT2D eigenvalue weighted by atomic mass is 15.3. The summed E-state index contributed by atoms with van der Waals surface area (Å²) in [5, 5.41) is 11.3. The summed E-state index contributed by atoms with van der Waals surface area (Å²) in [6.45, 7) is 2.41. The Morgan fingerprint density at radius 1 is 1.00 bits per heavy atom. The van der Waals surface area contributed by atoms with Gasteiger partial charge in [-0.25, -0.2) is 0 Å². The van der Waals surface area contributed by atoms with Gasteiger partial charge < -0.3 is 10.6 Å². The third-order valence-corrected chi connectivity index (χ3v) is 5.51. The number of nitrogens with one attached hydrogen (secondary N) is 2. The zero-order valence-electron chi connectivity index (χ0n) is 16.3. The molecule has 4 rings (SSSR count). The third-order valence-electron chi connectivity index (χ3n) is 5.51. The topological polar surface area (TPSA) is 54.2 Å². The van der Waals surface area contributed by atoms with E-state index in [0.29, 0.717) is 0 Å². The fraction of sp³-hybridized carbons (Fsp3) is 0.304. The molecule has 0 bridgehead atoms. The second-order valence-corrected chi connectivity index (χ2v) is 7.40. The molecule has 3 aromatic rings. The largest absolute Gasteiger partial charge is 0.356 e. The van der Waals surface area contributed by atoms with Crippen molar-refractivity contribution in [2.24, 2.45) is 4.99 Å². The number of hydrogen-bond acceptors (Lipinski definition) is 2. The summed E-state index contributed by atoms with van der Waals surface area (Å²) in [7, 11) is 1.83. The molecular weight excluding hydrogens is 346 g/mol. The van der Waals surface area contributed by atoms with Gasteiger partial charge in [-0.1, -0.05) is 54.6 Å². The molecule has 0 saturated heterocycles. The van der Waals surface area contributed by atoms with Gasteiger partial charge in [0.2, 0.25) is 0 Å². The summed E-state index contributed by atoms with van der Waals surface area (Å²) in [5.74, 6) is 0.844. The number of benzene rings is 2. The molecule has 0 amide bonds. The lowest BCUT2D eigenvalue weighted by atomic mass is 9.96. The molecule has 5 heteroatoms. The van der Waals surface area contributed by atoms with E-state index in [0.717, 1.165) is 25.6 Å². The molecule has 0 atom stereocenters. The Labute approximate surface area is 166 Å². The van der Waals surface area contributed by atoms with Crippen LogP contribution >= 0.6 is 0 Å². The number of guanidine groups is 1. The lowest BCUT2D eigenvalue weighted by Gasteiger charge is -2.19. The molecule has 5 nitrogen and oxygen atoms in total. The summed E-state index contributed by atoms with van der Waals surface area (Å²) in [4.78, 5) is 4.41. The van der Waals surface area contributed by atoms with Crippen LogP contribution in [0.4, 0.5) is 0 Å². The Morgan fingerprint density at radius 3 is 2.43 bits per heavy atom. The summed E-state index contributed by atoms with van der Waals surface area (Å²) in [6, 6.07) is 21.2. The van der Waals surface area contributed by atoms with E-state index < -0.39 is 0 Å². The van der Waals surface area contributed by atoms with Gasteiger partial charge in [0, 0.05) is 37.9 Å². The molecule has 1 saturated carbocycles. The Hall–Kier alpha value is -3.08. The molecule has 1 fully saturated rings. The van der Waals surface area contributed by atoms with Gasteiger partial charge in [0.25, 0.3) is 0 Å². The lowest BCUT2D eigenvalue weighted by Crippen LogP contribution is -2.41. The van der Waals surface area contributed by atoms with Crippen LogP contribution in [0.5, 0.6) is 0 Å². The summed E-state index contributed by atoms with van der Waals surface area (Å²) >= 11 is 0. The van der Waals surface area contributed by atoms with Crippen molar-refractivity contribution >= 4 is 5.96 Å². The predicted octanol–water partition coefficient (Wildman–Crippen LogP) is 3.33. The Morgan fingerprint density at radius 2 is 1.75 bits per heavy atom. The van der Waals surface area contributed by atoms with Crippen LogP contribution in [0.25, 0.3) is 0 Å². The van der Waals surface area contributed by atoms with E-state index in [1.807, 2.05) is 30.2 Å². The van der Waals surface area contributed by atoms with Crippen molar-refractivity contribution in [2.75, 3.05) is 13.6 Å². The first kappa shape index (κ1) is 18.3. The molecule has 1 aromatic heterocycles. The zero-order chi connectivity index (χ0) is 19.2. The molecule has 2 aromatic carbocycles. The molecule has 0 unspecified atom stereocenters. The van der Waals surface area contributed by atoms with E-state index in [1.54, 1.807) is 0 Å². The zero-order valence-corrected chi connectivity index (χ0v) is 16.3. The summed E-state index contributed by atoms with van der Waals surface area (Å²) < 4.78 is 1.95. The summed E-state index contributed by atoms with van der Waals surface area (Å²) in [5.41, 5.74) is 4.20. The number of aromatic nitrogens is 2. The highest BCUT2D eigenvalue weighted by molar-refractivity contribution is 5.79. The number of aliphatic imine (C=N–C) groups is 1. The predicted molar refractivity (Wildman–Crippen MR) is 113 cm³/mol. The molecule has 1 heterocycles. The average Bonchev–Trinajstić information content (AvgIpc) is 3.37. The average molecular weight is 374 g/mol. The monoisotopic (exact) mass is 373 g/mol. The van der Waals surface area contributed by atoms with Crippen LogP contribution in [0.15, 0.2) is 78.0 Å². The van der Waals surface area contributed by atoms with Crippen molar-refractivity contribution in [1.82, 2.24) is 20.4 Å². The van der Waals surface area contributed by atoms with Crippen LogP contribution < -0.4 is 10.6 Å². The minimum absolute atomic E-state index is 0.261. The quantitative estimate of drug-likeness (QED) is 0.493. The maximum Gasteiger partial charge on any atom is 0.191 e. The van der Waals surface area contributed by atoms with Crippen LogP contribution in [0, 0.1) is 0 Å². The SMILES string of the molecule is CN=C(NCc1ccccc1Cn1cccn1)NCC1(c2ccccc2)CC1. The first-order chi connectivity index (χ1) is 13.8. The van der Waals surface area contributed by atoms with Gasteiger partial charge in [-0.3, -0.25) is 9.67 Å². The maximum atomic E-state index is 4.41. The highest BCUT2D eigenvalue weighted by Gasteiger charge is 2.43. The van der Waals surface area contributed by atoms with Crippen molar-refractivity contribution in [3.05, 3.63) is 89.7 Å². The van der Waals surface area contributed by atoms with Gasteiger partial charge in [-0.2, -0.15) is 5.10 Å². The van der Waals surface area contributed by atoms with E-state index >= 15 is 0 Å². The van der Waals surface area contributed by atoms with Gasteiger partial charge in [-0.05, 0) is 35.6 Å². The van der Waals surface area contributed by atoms with Gasteiger partial charge in [0.05, 0.1) is 6.54 Å². The maximum absolute atomic E-state index is 4.41. The van der Waals surface area contributed by atoms with Crippen LogP contribution in [0.3, 0.4) is 0 Å². The number of nitrogens with zero attached hydrogens (tertiary/aromatic N) is 3. The van der Waals surface area contributed by atoms with Crippen molar-refractivity contribution in [2.45, 2.75) is 31.3 Å². The molecule has 1 aliphatic rings. The first-order valence-electron chi connectivity index (χ1n) is 9.83. The van der Waals surface area contributed by atoms with E-state index in [9.17, 15) is 0 Å². The molecular formula is C23H27N5. The van der Waals surface area contributed by atoms with Crippen LogP contribution in [0.2, 0.25) is 0 Å². The van der Waals surface area contributed by atoms with Crippen molar-refractivity contribution in [3.63, 3.8) is 0 Å². The van der Waals surface area contributed by atoms with Crippen LogP contribution in [-0.2, 0) is 18.5 Å². The molecule has 0 radical (unpaired) electrons. The third kappa shape index (κ3) is 4.25. The molecule has 2 N–H and O–H groups in total. The van der Waals surface area contributed by atoms with Crippen molar-refractivity contribution < 1.29 is 0 Å². The van der Waals surface area contributed by atoms with E-state index in [1.165, 1.54) is 29.5 Å². The minimum Gasteiger partial charge on any atom is -0.356 e. The molecule has 0 spiro atoms. The fourth-order valence-corrected chi connectivity index (χ4v) is 3.62. The Kier molecular flexibility index (Phi) is 5.42. The minimum atomic E-state index is 0.261. The van der Waals surface area contributed by atoms with Gasteiger partial charge in [-0.15, -0.1) is 0 Å². The van der Waals surface area contributed by atoms with Crippen LogP contribution in [-0.4, -0.2) is 29.3 Å². The van der Waals surface area contributed by atoms with Crippen molar-refractivity contribution in [3.8, 4) is 0 Å². The smallest absolute Gasteiger partial charge is 0.191 e.